The number of ether oxygens (including phenoxy) is 1. The third kappa shape index (κ3) is 3.21. The van der Waals surface area contributed by atoms with Crippen molar-refractivity contribution in [2.75, 3.05) is 6.61 Å². The first-order valence-corrected chi connectivity index (χ1v) is 8.46. The molecule has 0 unspecified atom stereocenters. The van der Waals surface area contributed by atoms with Crippen LogP contribution >= 0.6 is 0 Å². The van der Waals surface area contributed by atoms with Gasteiger partial charge in [0.1, 0.15) is 5.75 Å². The number of aryl methyl sites for hydroxylation is 2. The summed E-state index contributed by atoms with van der Waals surface area (Å²) in [5.41, 5.74) is 4.51. The fourth-order valence-corrected chi connectivity index (χ4v) is 2.83. The number of hydrogen-bond donors (Lipinski definition) is 1. The predicted molar refractivity (Wildman–Crippen MR) is 99.9 cm³/mol. The largest absolute Gasteiger partial charge is 0.492 e. The number of hydrogen-bond acceptors (Lipinski definition) is 2. The van der Waals surface area contributed by atoms with Gasteiger partial charge in [-0.1, -0.05) is 54.8 Å². The lowest BCUT2D eigenvalue weighted by molar-refractivity contribution is 0.313. The molecular formula is C21H23NO2. The van der Waals surface area contributed by atoms with Gasteiger partial charge in [0.25, 0.3) is 5.56 Å². The van der Waals surface area contributed by atoms with Crippen LogP contribution in [-0.4, -0.2) is 11.6 Å². The van der Waals surface area contributed by atoms with Crippen molar-refractivity contribution in [3.8, 4) is 16.9 Å². The van der Waals surface area contributed by atoms with Crippen LogP contribution in [0.25, 0.3) is 22.0 Å². The van der Waals surface area contributed by atoms with Gasteiger partial charge in [0.05, 0.1) is 17.7 Å². The van der Waals surface area contributed by atoms with Crippen LogP contribution in [0.4, 0.5) is 0 Å². The van der Waals surface area contributed by atoms with Crippen molar-refractivity contribution < 1.29 is 4.74 Å². The Labute approximate surface area is 142 Å². The summed E-state index contributed by atoms with van der Waals surface area (Å²) in [5, 5.41) is 0.960. The normalized spacial score (nSPS) is 11.0. The first kappa shape index (κ1) is 16.3. The van der Waals surface area contributed by atoms with E-state index in [1.807, 2.05) is 50.2 Å². The SMILES string of the molecule is CCCCOc1c(-c2ccc(C)cc2)c(=O)[nH]c2ccc(C)cc12. The Bertz CT molecular complexity index is 908. The summed E-state index contributed by atoms with van der Waals surface area (Å²) in [6.07, 6.45) is 2.02. The van der Waals surface area contributed by atoms with E-state index in [0.717, 1.165) is 34.9 Å². The highest BCUT2D eigenvalue weighted by molar-refractivity contribution is 5.92. The van der Waals surface area contributed by atoms with Crippen molar-refractivity contribution in [2.45, 2.75) is 33.6 Å². The topological polar surface area (TPSA) is 42.1 Å². The Morgan fingerprint density at radius 3 is 2.42 bits per heavy atom. The zero-order valence-electron chi connectivity index (χ0n) is 14.5. The summed E-state index contributed by atoms with van der Waals surface area (Å²) in [6, 6.07) is 14.0. The number of aromatic nitrogens is 1. The molecule has 0 radical (unpaired) electrons. The molecule has 3 heteroatoms. The van der Waals surface area contributed by atoms with Crippen LogP contribution in [0.1, 0.15) is 30.9 Å². The van der Waals surface area contributed by atoms with Crippen LogP contribution in [0.15, 0.2) is 47.3 Å². The molecule has 1 heterocycles. The van der Waals surface area contributed by atoms with Gasteiger partial charge in [0.15, 0.2) is 0 Å². The van der Waals surface area contributed by atoms with Crippen LogP contribution in [-0.2, 0) is 0 Å². The summed E-state index contributed by atoms with van der Waals surface area (Å²) in [4.78, 5) is 15.7. The summed E-state index contributed by atoms with van der Waals surface area (Å²) in [5.74, 6) is 0.690. The lowest BCUT2D eigenvalue weighted by Crippen LogP contribution is -2.12. The molecule has 3 nitrogen and oxygen atoms in total. The minimum atomic E-state index is -0.110. The molecule has 3 aromatic rings. The van der Waals surface area contributed by atoms with E-state index in [-0.39, 0.29) is 5.56 Å². The molecule has 1 N–H and O–H groups in total. The predicted octanol–water partition coefficient (Wildman–Crippen LogP) is 4.99. The monoisotopic (exact) mass is 321 g/mol. The molecule has 0 saturated heterocycles. The minimum absolute atomic E-state index is 0.110. The van der Waals surface area contributed by atoms with Gasteiger partial charge in [0.2, 0.25) is 0 Å². The highest BCUT2D eigenvalue weighted by Gasteiger charge is 2.16. The molecule has 3 rings (SSSR count). The Hall–Kier alpha value is -2.55. The van der Waals surface area contributed by atoms with Gasteiger partial charge in [-0.2, -0.15) is 0 Å². The lowest BCUT2D eigenvalue weighted by atomic mass is 10.0. The van der Waals surface area contributed by atoms with E-state index in [1.54, 1.807) is 0 Å². The van der Waals surface area contributed by atoms with Gasteiger partial charge < -0.3 is 9.72 Å². The Morgan fingerprint density at radius 1 is 1.00 bits per heavy atom. The zero-order chi connectivity index (χ0) is 17.1. The second-order valence-electron chi connectivity index (χ2n) is 6.28. The van der Waals surface area contributed by atoms with Crippen molar-refractivity contribution in [3.63, 3.8) is 0 Å². The average molecular weight is 321 g/mol. The first-order valence-electron chi connectivity index (χ1n) is 8.46. The molecule has 0 amide bonds. The molecule has 24 heavy (non-hydrogen) atoms. The Kier molecular flexibility index (Phi) is 4.70. The van der Waals surface area contributed by atoms with E-state index in [1.165, 1.54) is 5.56 Å². The van der Waals surface area contributed by atoms with Crippen LogP contribution in [0.3, 0.4) is 0 Å². The van der Waals surface area contributed by atoms with Crippen LogP contribution in [0, 0.1) is 13.8 Å². The van der Waals surface area contributed by atoms with Crippen LogP contribution < -0.4 is 10.3 Å². The number of fused-ring (bicyclic) bond motifs is 1. The van der Waals surface area contributed by atoms with Gasteiger partial charge in [-0.05, 0) is 38.0 Å². The maximum absolute atomic E-state index is 12.7. The van der Waals surface area contributed by atoms with Crippen LogP contribution in [0.2, 0.25) is 0 Å². The number of aromatic amines is 1. The molecule has 0 spiro atoms. The molecular weight excluding hydrogens is 298 g/mol. The molecule has 0 aliphatic rings. The van der Waals surface area contributed by atoms with Crippen LogP contribution in [0.5, 0.6) is 5.75 Å². The maximum Gasteiger partial charge on any atom is 0.260 e. The van der Waals surface area contributed by atoms with Crippen molar-refractivity contribution in [1.29, 1.82) is 0 Å². The van der Waals surface area contributed by atoms with Crippen molar-refractivity contribution in [2.24, 2.45) is 0 Å². The number of H-pyrrole nitrogens is 1. The fraction of sp³-hybridized carbons (Fsp3) is 0.286. The molecule has 0 atom stereocenters. The molecule has 124 valence electrons. The third-order valence-corrected chi connectivity index (χ3v) is 4.21. The third-order valence-electron chi connectivity index (χ3n) is 4.21. The van der Waals surface area contributed by atoms with E-state index >= 15 is 0 Å². The van der Waals surface area contributed by atoms with Gasteiger partial charge >= 0.3 is 0 Å². The lowest BCUT2D eigenvalue weighted by Gasteiger charge is -2.14. The zero-order valence-corrected chi connectivity index (χ0v) is 14.5. The van der Waals surface area contributed by atoms with E-state index in [9.17, 15) is 4.79 Å². The summed E-state index contributed by atoms with van der Waals surface area (Å²) < 4.78 is 6.09. The summed E-state index contributed by atoms with van der Waals surface area (Å²) in [7, 11) is 0. The molecule has 0 bridgehead atoms. The summed E-state index contributed by atoms with van der Waals surface area (Å²) in [6.45, 7) is 6.83. The molecule has 0 fully saturated rings. The van der Waals surface area contributed by atoms with E-state index < -0.39 is 0 Å². The molecule has 2 aromatic carbocycles. The maximum atomic E-state index is 12.7. The van der Waals surface area contributed by atoms with Gasteiger partial charge in [-0.15, -0.1) is 0 Å². The second-order valence-corrected chi connectivity index (χ2v) is 6.28. The van der Waals surface area contributed by atoms with E-state index in [0.29, 0.717) is 17.9 Å². The van der Waals surface area contributed by atoms with Crippen molar-refractivity contribution >= 4 is 10.9 Å². The first-order chi connectivity index (χ1) is 11.6. The van der Waals surface area contributed by atoms with Gasteiger partial charge in [-0.25, -0.2) is 0 Å². The second kappa shape index (κ2) is 6.91. The Balaban J connectivity index is 2.25. The van der Waals surface area contributed by atoms with Gasteiger partial charge in [0, 0.05) is 5.39 Å². The smallest absolute Gasteiger partial charge is 0.260 e. The molecule has 0 saturated carbocycles. The average Bonchev–Trinajstić information content (AvgIpc) is 2.57. The highest BCUT2D eigenvalue weighted by Crippen LogP contribution is 2.34. The quantitative estimate of drug-likeness (QED) is 0.673. The van der Waals surface area contributed by atoms with E-state index in [2.05, 4.69) is 18.0 Å². The van der Waals surface area contributed by atoms with E-state index in [4.69, 9.17) is 4.74 Å². The van der Waals surface area contributed by atoms with Crippen molar-refractivity contribution in [3.05, 3.63) is 63.9 Å². The molecule has 0 aliphatic heterocycles. The number of pyridine rings is 1. The fourth-order valence-electron chi connectivity index (χ4n) is 2.83. The summed E-state index contributed by atoms with van der Waals surface area (Å²) >= 11 is 0. The molecule has 0 aliphatic carbocycles. The number of nitrogens with one attached hydrogen (secondary N) is 1. The number of rotatable bonds is 5. The number of unbranched alkanes of at least 4 members (excludes halogenated alkanes) is 1. The van der Waals surface area contributed by atoms with Gasteiger partial charge in [-0.3, -0.25) is 4.79 Å². The van der Waals surface area contributed by atoms with Crippen molar-refractivity contribution in [1.82, 2.24) is 4.98 Å². The minimum Gasteiger partial charge on any atom is -0.492 e. The standard InChI is InChI=1S/C21H23NO2/c1-4-5-12-24-20-17-13-15(3)8-11-18(17)22-21(23)19(20)16-9-6-14(2)7-10-16/h6-11,13H,4-5,12H2,1-3H3,(H,22,23). The highest BCUT2D eigenvalue weighted by atomic mass is 16.5. The molecule has 1 aromatic heterocycles. The Morgan fingerprint density at radius 2 is 1.71 bits per heavy atom. The number of benzene rings is 2.